The predicted molar refractivity (Wildman–Crippen MR) is 83.6 cm³/mol. The quantitative estimate of drug-likeness (QED) is 0.759. The third-order valence-corrected chi connectivity index (χ3v) is 4.27. The van der Waals surface area contributed by atoms with Gasteiger partial charge < -0.3 is 14.4 Å². The number of nitrogens with zero attached hydrogens (tertiary/aromatic N) is 1. The highest BCUT2D eigenvalue weighted by Gasteiger charge is 2.20. The first kappa shape index (κ1) is 16.7. The smallest absolute Gasteiger partial charge is 0.260 e. The summed E-state index contributed by atoms with van der Waals surface area (Å²) >= 11 is 17.7. The largest absolute Gasteiger partial charge is 0.482 e. The Morgan fingerprint density at radius 1 is 1.33 bits per heavy atom. The number of ether oxygens (including phenoxy) is 2. The third-order valence-electron chi connectivity index (χ3n) is 3.25. The van der Waals surface area contributed by atoms with E-state index in [-0.39, 0.29) is 18.6 Å². The highest BCUT2D eigenvalue weighted by Crippen LogP contribution is 2.33. The van der Waals surface area contributed by atoms with E-state index in [4.69, 9.17) is 44.3 Å². The van der Waals surface area contributed by atoms with Crippen LogP contribution in [-0.2, 0) is 9.53 Å². The molecule has 21 heavy (non-hydrogen) atoms. The maximum absolute atomic E-state index is 12.0. The Morgan fingerprint density at radius 3 is 2.71 bits per heavy atom. The molecular weight excluding hydrogens is 337 g/mol. The Bertz CT molecular complexity index is 518. The van der Waals surface area contributed by atoms with Crippen molar-refractivity contribution in [3.63, 3.8) is 0 Å². The van der Waals surface area contributed by atoms with E-state index in [0.717, 1.165) is 19.4 Å². The van der Waals surface area contributed by atoms with Crippen LogP contribution in [0.2, 0.25) is 15.1 Å². The monoisotopic (exact) mass is 351 g/mol. The van der Waals surface area contributed by atoms with E-state index >= 15 is 0 Å². The highest BCUT2D eigenvalue weighted by atomic mass is 35.5. The second-order valence-corrected chi connectivity index (χ2v) is 6.12. The lowest BCUT2D eigenvalue weighted by Gasteiger charge is -2.21. The maximum Gasteiger partial charge on any atom is 0.260 e. The van der Waals surface area contributed by atoms with Gasteiger partial charge in [0.1, 0.15) is 5.75 Å². The number of likely N-dealkylation sites (N-methyl/N-ethyl adjacent to an activating group) is 1. The van der Waals surface area contributed by atoms with Gasteiger partial charge in [-0.25, -0.2) is 0 Å². The molecule has 0 radical (unpaired) electrons. The zero-order chi connectivity index (χ0) is 15.4. The van der Waals surface area contributed by atoms with E-state index in [2.05, 4.69) is 0 Å². The molecule has 1 fully saturated rings. The van der Waals surface area contributed by atoms with Crippen molar-refractivity contribution >= 4 is 40.7 Å². The van der Waals surface area contributed by atoms with Gasteiger partial charge >= 0.3 is 0 Å². The minimum atomic E-state index is -0.146. The van der Waals surface area contributed by atoms with Gasteiger partial charge in [0.05, 0.1) is 21.2 Å². The fourth-order valence-electron chi connectivity index (χ4n) is 2.06. The first-order chi connectivity index (χ1) is 9.97. The number of halogens is 3. The molecule has 0 unspecified atom stereocenters. The van der Waals surface area contributed by atoms with Gasteiger partial charge in [0, 0.05) is 26.3 Å². The molecule has 0 saturated carbocycles. The maximum atomic E-state index is 12.0. The number of benzene rings is 1. The van der Waals surface area contributed by atoms with Gasteiger partial charge in [0.25, 0.3) is 5.91 Å². The number of carbonyl (C=O) groups excluding carboxylic acids is 1. The van der Waals surface area contributed by atoms with Crippen molar-refractivity contribution in [3.05, 3.63) is 27.2 Å². The second-order valence-electron chi connectivity index (χ2n) is 4.89. The molecule has 1 aromatic carbocycles. The van der Waals surface area contributed by atoms with Gasteiger partial charge in [-0.15, -0.1) is 0 Å². The van der Waals surface area contributed by atoms with Crippen molar-refractivity contribution in [1.29, 1.82) is 0 Å². The van der Waals surface area contributed by atoms with Crippen molar-refractivity contribution in [2.45, 2.75) is 18.9 Å². The first-order valence-electron chi connectivity index (χ1n) is 6.60. The molecule has 2 rings (SSSR count). The van der Waals surface area contributed by atoms with Crippen LogP contribution >= 0.6 is 34.8 Å². The van der Waals surface area contributed by atoms with Crippen LogP contribution < -0.4 is 4.74 Å². The lowest BCUT2D eigenvalue weighted by atomic mass is 10.2. The molecule has 1 saturated heterocycles. The standard InChI is InChI=1S/C14H16Cl3NO3/c1-18(7-9-3-2-4-20-9)14(19)8-21-13-6-11(16)10(15)5-12(13)17/h5-6,9H,2-4,7-8H2,1H3/t9-/m0/s1. The van der Waals surface area contributed by atoms with Gasteiger partial charge in [-0.3, -0.25) is 4.79 Å². The van der Waals surface area contributed by atoms with Crippen molar-refractivity contribution in [2.24, 2.45) is 0 Å². The number of amides is 1. The molecule has 1 aliphatic rings. The fourth-order valence-corrected chi connectivity index (χ4v) is 2.65. The Hall–Kier alpha value is -0.680. The van der Waals surface area contributed by atoms with E-state index in [1.54, 1.807) is 11.9 Å². The van der Waals surface area contributed by atoms with E-state index in [9.17, 15) is 4.79 Å². The normalized spacial score (nSPS) is 17.8. The summed E-state index contributed by atoms with van der Waals surface area (Å²) < 4.78 is 10.9. The fraction of sp³-hybridized carbons (Fsp3) is 0.500. The van der Waals surface area contributed by atoms with Crippen LogP contribution in [0.15, 0.2) is 12.1 Å². The van der Waals surface area contributed by atoms with E-state index in [0.29, 0.717) is 27.4 Å². The minimum Gasteiger partial charge on any atom is -0.482 e. The molecule has 4 nitrogen and oxygen atoms in total. The number of carbonyl (C=O) groups is 1. The van der Waals surface area contributed by atoms with Gasteiger partial charge in [-0.1, -0.05) is 34.8 Å². The molecule has 1 aliphatic heterocycles. The number of rotatable bonds is 5. The van der Waals surface area contributed by atoms with Crippen molar-refractivity contribution in [3.8, 4) is 5.75 Å². The minimum absolute atomic E-state index is 0.110. The number of hydrogen-bond donors (Lipinski definition) is 0. The second kappa shape index (κ2) is 7.54. The molecule has 0 N–H and O–H groups in total. The Labute approximate surface area is 138 Å². The van der Waals surface area contributed by atoms with Crippen LogP contribution in [0, 0.1) is 0 Å². The van der Waals surface area contributed by atoms with Gasteiger partial charge in [-0.2, -0.15) is 0 Å². The van der Waals surface area contributed by atoms with Crippen molar-refractivity contribution in [1.82, 2.24) is 4.90 Å². The molecule has 1 atom stereocenters. The molecule has 1 amide bonds. The van der Waals surface area contributed by atoms with Crippen LogP contribution in [0.3, 0.4) is 0 Å². The molecule has 1 heterocycles. The first-order valence-corrected chi connectivity index (χ1v) is 7.73. The van der Waals surface area contributed by atoms with Crippen LogP contribution in [0.4, 0.5) is 0 Å². The zero-order valence-electron chi connectivity index (χ0n) is 11.6. The van der Waals surface area contributed by atoms with Crippen LogP contribution in [0.25, 0.3) is 0 Å². The molecule has 0 aromatic heterocycles. The average molecular weight is 353 g/mol. The molecule has 1 aromatic rings. The zero-order valence-corrected chi connectivity index (χ0v) is 13.8. The summed E-state index contributed by atoms with van der Waals surface area (Å²) in [5.74, 6) is 0.192. The summed E-state index contributed by atoms with van der Waals surface area (Å²) in [4.78, 5) is 13.6. The molecule has 116 valence electrons. The predicted octanol–water partition coefficient (Wildman–Crippen LogP) is 3.66. The van der Waals surface area contributed by atoms with E-state index in [1.807, 2.05) is 0 Å². The topological polar surface area (TPSA) is 38.8 Å². The summed E-state index contributed by atoms with van der Waals surface area (Å²) in [5.41, 5.74) is 0. The van der Waals surface area contributed by atoms with Gasteiger partial charge in [-0.05, 0) is 18.9 Å². The Balaban J connectivity index is 1.87. The Kier molecular flexibility index (Phi) is 5.99. The molecule has 7 heteroatoms. The summed E-state index contributed by atoms with van der Waals surface area (Å²) in [7, 11) is 1.73. The lowest BCUT2D eigenvalue weighted by molar-refractivity contribution is -0.133. The van der Waals surface area contributed by atoms with Crippen LogP contribution in [0.1, 0.15) is 12.8 Å². The average Bonchev–Trinajstić information content (AvgIpc) is 2.93. The van der Waals surface area contributed by atoms with Crippen LogP contribution in [-0.4, -0.2) is 43.7 Å². The van der Waals surface area contributed by atoms with Gasteiger partial charge in [0.2, 0.25) is 0 Å². The summed E-state index contributed by atoms with van der Waals surface area (Å²) in [6.45, 7) is 1.22. The van der Waals surface area contributed by atoms with Crippen LogP contribution in [0.5, 0.6) is 5.75 Å². The van der Waals surface area contributed by atoms with Crippen molar-refractivity contribution in [2.75, 3.05) is 26.8 Å². The lowest BCUT2D eigenvalue weighted by Crippen LogP contribution is -2.37. The Morgan fingerprint density at radius 2 is 2.05 bits per heavy atom. The van der Waals surface area contributed by atoms with E-state index in [1.165, 1.54) is 12.1 Å². The van der Waals surface area contributed by atoms with Gasteiger partial charge in [0.15, 0.2) is 6.61 Å². The molecule has 0 bridgehead atoms. The summed E-state index contributed by atoms with van der Waals surface area (Å²) in [5, 5.41) is 0.992. The highest BCUT2D eigenvalue weighted by molar-refractivity contribution is 6.43. The third kappa shape index (κ3) is 4.65. The molecule has 0 aliphatic carbocycles. The molecule has 0 spiro atoms. The summed E-state index contributed by atoms with van der Waals surface area (Å²) in [6, 6.07) is 2.99. The SMILES string of the molecule is CN(C[C@@H]1CCCO1)C(=O)COc1cc(Cl)c(Cl)cc1Cl. The van der Waals surface area contributed by atoms with E-state index < -0.39 is 0 Å². The summed E-state index contributed by atoms with van der Waals surface area (Å²) in [6.07, 6.45) is 2.15. The number of hydrogen-bond acceptors (Lipinski definition) is 3. The van der Waals surface area contributed by atoms with Crippen molar-refractivity contribution < 1.29 is 14.3 Å². The molecular formula is C14H16Cl3NO3.